The van der Waals surface area contributed by atoms with E-state index in [2.05, 4.69) is 0 Å². The summed E-state index contributed by atoms with van der Waals surface area (Å²) in [4.78, 5) is 12.5. The van der Waals surface area contributed by atoms with E-state index in [1.807, 2.05) is 6.08 Å². The third kappa shape index (κ3) is 3.42. The molecule has 1 heterocycles. The number of rotatable bonds is 4. The van der Waals surface area contributed by atoms with Crippen molar-refractivity contribution in [1.82, 2.24) is 0 Å². The van der Waals surface area contributed by atoms with E-state index in [0.29, 0.717) is 24.2 Å². The minimum absolute atomic E-state index is 0.269. The smallest absolute Gasteiger partial charge is 0.309 e. The van der Waals surface area contributed by atoms with Crippen molar-refractivity contribution >= 4 is 11.5 Å². The van der Waals surface area contributed by atoms with E-state index in [0.717, 1.165) is 11.1 Å². The Labute approximate surface area is 168 Å². The lowest BCUT2D eigenvalue weighted by atomic mass is 9.79. The van der Waals surface area contributed by atoms with Gasteiger partial charge in [0, 0.05) is 11.5 Å². The van der Waals surface area contributed by atoms with Gasteiger partial charge in [0.15, 0.2) is 0 Å². The van der Waals surface area contributed by atoms with E-state index >= 15 is 0 Å². The largest absolute Gasteiger partial charge is 0.496 e. The van der Waals surface area contributed by atoms with E-state index in [1.54, 1.807) is 18.2 Å². The Kier molecular flexibility index (Phi) is 5.13. The Balaban J connectivity index is 1.78. The first-order valence-corrected chi connectivity index (χ1v) is 9.50. The summed E-state index contributed by atoms with van der Waals surface area (Å²) >= 11 is 0. The lowest BCUT2D eigenvalue weighted by Crippen LogP contribution is -2.34. The molecule has 0 radical (unpaired) electrons. The number of carbonyl (C=O) groups excluding carboxylic acids is 1. The predicted molar refractivity (Wildman–Crippen MR) is 103 cm³/mol. The Morgan fingerprint density at radius 1 is 1.10 bits per heavy atom. The van der Waals surface area contributed by atoms with Crippen molar-refractivity contribution in [2.75, 3.05) is 20.8 Å². The number of halogens is 2. The molecule has 1 spiro atoms. The molecule has 1 aliphatic heterocycles. The van der Waals surface area contributed by atoms with E-state index in [9.17, 15) is 13.6 Å². The van der Waals surface area contributed by atoms with Crippen LogP contribution in [-0.4, -0.2) is 32.4 Å². The number of methoxy groups -OCH3 is 2. The Bertz CT molecular complexity index is 954. The fourth-order valence-corrected chi connectivity index (χ4v) is 4.63. The Morgan fingerprint density at radius 2 is 1.83 bits per heavy atom. The van der Waals surface area contributed by atoms with Crippen molar-refractivity contribution in [2.45, 2.75) is 24.4 Å². The van der Waals surface area contributed by atoms with Gasteiger partial charge >= 0.3 is 5.97 Å². The Morgan fingerprint density at radius 3 is 2.52 bits per heavy atom. The second kappa shape index (κ2) is 7.59. The quantitative estimate of drug-likeness (QED) is 0.710. The Hall–Kier alpha value is -2.73. The highest BCUT2D eigenvalue weighted by Crippen LogP contribution is 2.54. The molecule has 1 saturated carbocycles. The van der Waals surface area contributed by atoms with Crippen LogP contribution in [0, 0.1) is 17.6 Å². The van der Waals surface area contributed by atoms with E-state index in [-0.39, 0.29) is 30.1 Å². The first-order valence-electron chi connectivity index (χ1n) is 9.50. The summed E-state index contributed by atoms with van der Waals surface area (Å²) < 4.78 is 44.0. The molecule has 0 amide bonds. The second-order valence-electron chi connectivity index (χ2n) is 7.46. The third-order valence-electron chi connectivity index (χ3n) is 5.93. The van der Waals surface area contributed by atoms with Crippen LogP contribution in [-0.2, 0) is 14.3 Å². The number of carbonyl (C=O) groups is 1. The first-order chi connectivity index (χ1) is 14.0. The molecular formula is C23H22F2O4. The summed E-state index contributed by atoms with van der Waals surface area (Å²) in [6.45, 7) is 0.269. The number of hydrogen-bond donors (Lipinski definition) is 0. The van der Waals surface area contributed by atoms with Crippen LogP contribution in [0.3, 0.4) is 0 Å². The van der Waals surface area contributed by atoms with Gasteiger partial charge in [0.1, 0.15) is 17.4 Å². The van der Waals surface area contributed by atoms with Gasteiger partial charge in [0.2, 0.25) is 0 Å². The van der Waals surface area contributed by atoms with Crippen LogP contribution in [0.5, 0.6) is 5.75 Å². The summed E-state index contributed by atoms with van der Waals surface area (Å²) in [5, 5.41) is 0. The van der Waals surface area contributed by atoms with E-state index in [4.69, 9.17) is 14.2 Å². The van der Waals surface area contributed by atoms with E-state index in [1.165, 1.54) is 38.5 Å². The van der Waals surface area contributed by atoms with Gasteiger partial charge in [-0.2, -0.15) is 0 Å². The fraction of sp³-hybridized carbons (Fsp3) is 0.348. The van der Waals surface area contributed by atoms with Gasteiger partial charge in [-0.05, 0) is 60.4 Å². The van der Waals surface area contributed by atoms with Gasteiger partial charge in [0.25, 0.3) is 0 Å². The van der Waals surface area contributed by atoms with Gasteiger partial charge in [-0.15, -0.1) is 0 Å². The highest BCUT2D eigenvalue weighted by Gasteiger charge is 2.54. The molecule has 0 N–H and O–H groups in total. The van der Waals surface area contributed by atoms with Crippen LogP contribution in [0.25, 0.3) is 5.57 Å². The van der Waals surface area contributed by atoms with Gasteiger partial charge in [-0.25, -0.2) is 8.78 Å². The number of benzene rings is 2. The average Bonchev–Trinajstić information content (AvgIpc) is 3.32. The first kappa shape index (κ1) is 19.6. The molecule has 0 bridgehead atoms. The van der Waals surface area contributed by atoms with Crippen molar-refractivity contribution in [2.24, 2.45) is 5.92 Å². The van der Waals surface area contributed by atoms with Gasteiger partial charge in [0.05, 0.1) is 32.3 Å². The summed E-state index contributed by atoms with van der Waals surface area (Å²) in [7, 11) is 2.90. The minimum Gasteiger partial charge on any atom is -0.496 e. The molecule has 2 aromatic carbocycles. The highest BCUT2D eigenvalue weighted by molar-refractivity contribution is 5.77. The fourth-order valence-electron chi connectivity index (χ4n) is 4.63. The molecule has 2 aromatic rings. The molecule has 0 saturated heterocycles. The zero-order valence-electron chi connectivity index (χ0n) is 16.3. The monoisotopic (exact) mass is 400 g/mol. The van der Waals surface area contributed by atoms with Crippen molar-refractivity contribution in [3.63, 3.8) is 0 Å². The SMILES string of the molecule is COC(=O)[C@H]1CC[C@@]2(C=C(c3cc(F)ccc3OC)CO2)[C@@H]1c1ccc(F)cc1. The number of hydrogen-bond acceptors (Lipinski definition) is 4. The molecule has 6 heteroatoms. The molecule has 152 valence electrons. The molecule has 1 fully saturated rings. The molecular weight excluding hydrogens is 378 g/mol. The summed E-state index contributed by atoms with van der Waals surface area (Å²) in [6, 6.07) is 10.5. The molecule has 29 heavy (non-hydrogen) atoms. The molecule has 0 aromatic heterocycles. The topological polar surface area (TPSA) is 44.8 Å². The maximum Gasteiger partial charge on any atom is 0.309 e. The third-order valence-corrected chi connectivity index (χ3v) is 5.93. The van der Waals surface area contributed by atoms with Crippen LogP contribution in [0.1, 0.15) is 29.9 Å². The number of esters is 1. The molecule has 1 aliphatic carbocycles. The van der Waals surface area contributed by atoms with Gasteiger partial charge in [-0.1, -0.05) is 12.1 Å². The zero-order chi connectivity index (χ0) is 20.6. The van der Waals surface area contributed by atoms with Crippen molar-refractivity contribution in [3.8, 4) is 5.75 Å². The average molecular weight is 400 g/mol. The summed E-state index contributed by atoms with van der Waals surface area (Å²) in [6.07, 6.45) is 3.16. The second-order valence-corrected chi connectivity index (χ2v) is 7.46. The molecule has 3 atom stereocenters. The van der Waals surface area contributed by atoms with Gasteiger partial charge < -0.3 is 14.2 Å². The molecule has 4 nitrogen and oxygen atoms in total. The zero-order valence-corrected chi connectivity index (χ0v) is 16.3. The van der Waals surface area contributed by atoms with Crippen molar-refractivity contribution < 1.29 is 27.8 Å². The van der Waals surface area contributed by atoms with Crippen LogP contribution in [0.15, 0.2) is 48.5 Å². The lowest BCUT2D eigenvalue weighted by Gasteiger charge is -2.31. The van der Waals surface area contributed by atoms with Crippen LogP contribution in [0.4, 0.5) is 8.78 Å². The maximum absolute atomic E-state index is 13.9. The molecule has 0 unspecified atom stereocenters. The maximum atomic E-state index is 13.9. The predicted octanol–water partition coefficient (Wildman–Crippen LogP) is 4.49. The normalized spacial score (nSPS) is 25.9. The summed E-state index contributed by atoms with van der Waals surface area (Å²) in [5.74, 6) is -1.20. The van der Waals surface area contributed by atoms with Crippen LogP contribution < -0.4 is 4.74 Å². The molecule has 4 rings (SSSR count). The van der Waals surface area contributed by atoms with Gasteiger partial charge in [-0.3, -0.25) is 4.79 Å². The highest BCUT2D eigenvalue weighted by atomic mass is 19.1. The molecule has 2 aliphatic rings. The van der Waals surface area contributed by atoms with Crippen LogP contribution >= 0.6 is 0 Å². The number of ether oxygens (including phenoxy) is 3. The van der Waals surface area contributed by atoms with Crippen molar-refractivity contribution in [1.29, 1.82) is 0 Å². The summed E-state index contributed by atoms with van der Waals surface area (Å²) in [5.41, 5.74) is 1.49. The van der Waals surface area contributed by atoms with Crippen molar-refractivity contribution in [3.05, 3.63) is 71.3 Å². The lowest BCUT2D eigenvalue weighted by molar-refractivity contribution is -0.146. The van der Waals surface area contributed by atoms with E-state index < -0.39 is 11.5 Å². The van der Waals surface area contributed by atoms with Crippen LogP contribution in [0.2, 0.25) is 0 Å². The standard InChI is InChI=1S/C23H22F2O4/c1-27-20-8-7-17(25)11-19(20)15-12-23(29-13-15)10-9-18(22(26)28-2)21(23)14-3-5-16(24)6-4-14/h3-8,11-12,18,21H,9-10,13H2,1-2H3/t18-,21+,23+/m0/s1. The minimum atomic E-state index is -0.747.